The molecule has 2 aromatic rings. The molecule has 0 atom stereocenters. The van der Waals surface area contributed by atoms with Gasteiger partial charge in [0, 0.05) is 10.6 Å². The molecule has 0 unspecified atom stereocenters. The van der Waals surface area contributed by atoms with Crippen molar-refractivity contribution in [2.24, 2.45) is 0 Å². The molecule has 2 rings (SSSR count). The Labute approximate surface area is 169 Å². The van der Waals surface area contributed by atoms with Crippen molar-refractivity contribution >= 4 is 29.3 Å². The Kier molecular flexibility index (Phi) is 7.89. The van der Waals surface area contributed by atoms with Crippen LogP contribution in [0.4, 0.5) is 5.69 Å². The first-order valence-electron chi connectivity index (χ1n) is 8.80. The van der Waals surface area contributed by atoms with E-state index in [1.54, 1.807) is 19.1 Å². The van der Waals surface area contributed by atoms with Gasteiger partial charge < -0.3 is 15.2 Å². The summed E-state index contributed by atoms with van der Waals surface area (Å²) in [5.74, 6) is -1.29. The van der Waals surface area contributed by atoms with Gasteiger partial charge in [-0.3, -0.25) is 4.79 Å². The van der Waals surface area contributed by atoms with Gasteiger partial charge in [-0.2, -0.15) is 0 Å². The van der Waals surface area contributed by atoms with Crippen molar-refractivity contribution in [1.82, 2.24) is 0 Å². The summed E-state index contributed by atoms with van der Waals surface area (Å²) in [6.07, 6.45) is 1.36. The van der Waals surface area contributed by atoms with Crippen LogP contribution in [-0.4, -0.2) is 23.6 Å². The van der Waals surface area contributed by atoms with Crippen LogP contribution in [-0.2, 0) is 14.3 Å². The van der Waals surface area contributed by atoms with Gasteiger partial charge in [0.25, 0.3) is 5.91 Å². The normalized spacial score (nSPS) is 12.2. The van der Waals surface area contributed by atoms with Crippen molar-refractivity contribution in [2.75, 3.05) is 11.9 Å². The van der Waals surface area contributed by atoms with Gasteiger partial charge in [0.1, 0.15) is 5.76 Å². The average molecular weight is 397 g/mol. The van der Waals surface area contributed by atoms with Crippen LogP contribution in [0.2, 0.25) is 0 Å². The van der Waals surface area contributed by atoms with Gasteiger partial charge in [-0.15, -0.1) is 0 Å². The molecule has 0 aliphatic rings. The molecule has 28 heavy (non-hydrogen) atoms. The number of allylic oxidation sites excluding steroid dienone is 1. The number of anilines is 1. The lowest BCUT2D eigenvalue weighted by Crippen LogP contribution is -2.15. The number of hydrogen-bond acceptors (Lipinski definition) is 5. The largest absolute Gasteiger partial charge is 0.512 e. The van der Waals surface area contributed by atoms with Crippen LogP contribution >= 0.6 is 11.8 Å². The third kappa shape index (κ3) is 6.32. The molecular formula is C22H23NO4S. The minimum absolute atomic E-state index is 0.0562. The lowest BCUT2D eigenvalue weighted by atomic mass is 10.2. The Bertz CT molecular complexity index is 883. The number of nitrogens with one attached hydrogen (secondary N) is 1. The van der Waals surface area contributed by atoms with Gasteiger partial charge in [0.15, 0.2) is 0 Å². The van der Waals surface area contributed by atoms with E-state index in [-0.39, 0.29) is 28.8 Å². The van der Waals surface area contributed by atoms with Gasteiger partial charge in [0.05, 0.1) is 17.1 Å². The molecule has 0 aromatic heterocycles. The number of esters is 1. The van der Waals surface area contributed by atoms with Crippen LogP contribution in [0.5, 0.6) is 0 Å². The highest BCUT2D eigenvalue weighted by Gasteiger charge is 2.18. The quantitative estimate of drug-likeness (QED) is 0.226. The smallest absolute Gasteiger partial charge is 0.341 e. The predicted molar refractivity (Wildman–Crippen MR) is 112 cm³/mol. The molecule has 5 nitrogen and oxygen atoms in total. The van der Waals surface area contributed by atoms with E-state index < -0.39 is 5.97 Å². The topological polar surface area (TPSA) is 75.6 Å². The summed E-state index contributed by atoms with van der Waals surface area (Å²) in [7, 11) is 0. The number of aliphatic hydroxyl groups excluding tert-OH is 1. The Balaban J connectivity index is 2.37. The predicted octanol–water partition coefficient (Wildman–Crippen LogP) is 5.00. The monoisotopic (exact) mass is 397 g/mol. The molecule has 2 N–H and O–H groups in total. The van der Waals surface area contributed by atoms with Crippen molar-refractivity contribution in [1.29, 1.82) is 0 Å². The van der Waals surface area contributed by atoms with Crippen molar-refractivity contribution in [3.63, 3.8) is 0 Å². The van der Waals surface area contributed by atoms with E-state index in [1.807, 2.05) is 49.4 Å². The number of rotatable bonds is 7. The number of ether oxygens (including phenoxy) is 1. The molecule has 146 valence electrons. The third-order valence-corrected chi connectivity index (χ3v) is 4.70. The molecule has 0 spiro atoms. The third-order valence-electron chi connectivity index (χ3n) is 3.66. The minimum Gasteiger partial charge on any atom is -0.512 e. The maximum absolute atomic E-state index is 12.9. The molecule has 0 aliphatic heterocycles. The number of benzene rings is 2. The number of amides is 1. The fourth-order valence-electron chi connectivity index (χ4n) is 2.24. The van der Waals surface area contributed by atoms with Crippen LogP contribution < -0.4 is 5.32 Å². The summed E-state index contributed by atoms with van der Waals surface area (Å²) >= 11 is 1.20. The standard InChI is InChI=1S/C22H23NO4S/c1-4-27-22(26)19(16(3)24)14-20(28-18-8-6-5-7-9-18)21(25)23-17-12-10-15(2)11-13-17/h5-14,24H,4H2,1-3H3,(H,23,25)/b19-16-,20-14-. The fraction of sp³-hybridized carbons (Fsp3) is 0.182. The van der Waals surface area contributed by atoms with Crippen LogP contribution in [0.1, 0.15) is 19.4 Å². The number of carbonyl (C=O) groups is 2. The van der Waals surface area contributed by atoms with Crippen LogP contribution in [0.15, 0.2) is 81.8 Å². The Morgan fingerprint density at radius 2 is 1.75 bits per heavy atom. The Morgan fingerprint density at radius 1 is 1.11 bits per heavy atom. The summed E-state index contributed by atoms with van der Waals surface area (Å²) in [5, 5.41) is 12.7. The number of aliphatic hydroxyl groups is 1. The molecule has 0 saturated heterocycles. The zero-order valence-electron chi connectivity index (χ0n) is 16.1. The minimum atomic E-state index is -0.684. The first kappa shape index (κ1) is 21.3. The SMILES string of the molecule is CCOC(=O)C(/C=C(\Sc1ccccc1)C(=O)Nc1ccc(C)cc1)=C(/C)O. The van der Waals surface area contributed by atoms with Crippen molar-refractivity contribution in [2.45, 2.75) is 25.7 Å². The summed E-state index contributed by atoms with van der Waals surface area (Å²) in [6, 6.07) is 16.7. The van der Waals surface area contributed by atoms with Crippen LogP contribution in [0.3, 0.4) is 0 Å². The van der Waals surface area contributed by atoms with Gasteiger partial charge in [0.2, 0.25) is 0 Å². The molecular weight excluding hydrogens is 374 g/mol. The zero-order valence-corrected chi connectivity index (χ0v) is 16.9. The highest BCUT2D eigenvalue weighted by atomic mass is 32.2. The Hall–Kier alpha value is -2.99. The summed E-state index contributed by atoms with van der Waals surface area (Å²) in [5.41, 5.74) is 1.66. The van der Waals surface area contributed by atoms with E-state index in [0.29, 0.717) is 5.69 Å². The first-order chi connectivity index (χ1) is 13.4. The van der Waals surface area contributed by atoms with Crippen molar-refractivity contribution < 1.29 is 19.4 Å². The Morgan fingerprint density at radius 3 is 2.32 bits per heavy atom. The maximum atomic E-state index is 12.9. The molecule has 0 saturated carbocycles. The van der Waals surface area contributed by atoms with E-state index in [2.05, 4.69) is 5.32 Å². The van der Waals surface area contributed by atoms with E-state index in [1.165, 1.54) is 24.8 Å². The molecule has 0 fully saturated rings. The fourth-order valence-corrected chi connectivity index (χ4v) is 3.11. The van der Waals surface area contributed by atoms with Crippen LogP contribution in [0.25, 0.3) is 0 Å². The number of hydrogen-bond donors (Lipinski definition) is 2. The van der Waals surface area contributed by atoms with Crippen molar-refractivity contribution in [3.05, 3.63) is 82.5 Å². The van der Waals surface area contributed by atoms with E-state index >= 15 is 0 Å². The second-order valence-corrected chi connectivity index (χ2v) is 7.08. The molecule has 1 amide bonds. The van der Waals surface area contributed by atoms with Gasteiger partial charge in [-0.25, -0.2) is 4.79 Å². The van der Waals surface area contributed by atoms with E-state index in [4.69, 9.17) is 4.74 Å². The van der Waals surface area contributed by atoms with Gasteiger partial charge >= 0.3 is 5.97 Å². The lowest BCUT2D eigenvalue weighted by molar-refractivity contribution is -0.138. The highest BCUT2D eigenvalue weighted by molar-refractivity contribution is 8.04. The van der Waals surface area contributed by atoms with Gasteiger partial charge in [-0.1, -0.05) is 47.7 Å². The molecule has 0 bridgehead atoms. The number of carbonyl (C=O) groups excluding carboxylic acids is 2. The first-order valence-corrected chi connectivity index (χ1v) is 9.62. The second kappa shape index (κ2) is 10.4. The van der Waals surface area contributed by atoms with Crippen molar-refractivity contribution in [3.8, 4) is 0 Å². The molecule has 2 aromatic carbocycles. The summed E-state index contributed by atoms with van der Waals surface area (Å²) in [6.45, 7) is 5.18. The summed E-state index contributed by atoms with van der Waals surface area (Å²) < 4.78 is 4.99. The number of aryl methyl sites for hydroxylation is 1. The van der Waals surface area contributed by atoms with E-state index in [0.717, 1.165) is 10.5 Å². The summed E-state index contributed by atoms with van der Waals surface area (Å²) in [4.78, 5) is 26.1. The number of thioether (sulfide) groups is 1. The van der Waals surface area contributed by atoms with Gasteiger partial charge in [-0.05, 0) is 51.1 Å². The molecule has 0 radical (unpaired) electrons. The zero-order chi connectivity index (χ0) is 20.5. The van der Waals surface area contributed by atoms with Crippen LogP contribution in [0, 0.1) is 6.92 Å². The average Bonchev–Trinajstić information content (AvgIpc) is 2.67. The molecule has 6 heteroatoms. The highest BCUT2D eigenvalue weighted by Crippen LogP contribution is 2.29. The van der Waals surface area contributed by atoms with E-state index in [9.17, 15) is 14.7 Å². The second-order valence-electron chi connectivity index (χ2n) is 5.96. The maximum Gasteiger partial charge on any atom is 0.341 e. The molecule has 0 heterocycles. The lowest BCUT2D eigenvalue weighted by Gasteiger charge is -2.11. The molecule has 0 aliphatic carbocycles.